The lowest BCUT2D eigenvalue weighted by Gasteiger charge is -2.12. The van der Waals surface area contributed by atoms with E-state index in [0.29, 0.717) is 12.2 Å². The van der Waals surface area contributed by atoms with Crippen LogP contribution >= 0.6 is 11.8 Å². The number of carboxylic acid groups (broad SMARTS) is 1. The minimum Gasteiger partial charge on any atom is -0.481 e. The lowest BCUT2D eigenvalue weighted by Crippen LogP contribution is -2.33. The van der Waals surface area contributed by atoms with Crippen molar-refractivity contribution in [3.05, 3.63) is 54.0 Å². The molecule has 6 heteroatoms. The van der Waals surface area contributed by atoms with Gasteiger partial charge in [-0.2, -0.15) is 0 Å². The zero-order valence-electron chi connectivity index (χ0n) is 13.5. The standard InChI is InChI=1S/C18H21NO4S/c1-2-6-13(18(21)22)11-19-17(20)16-14(9-10-23-16)12-24-15-7-4-3-5-8-15/h3-5,7-10,13H,2,6,11-12H2,1H3,(H,19,20)(H,21,22). The van der Waals surface area contributed by atoms with Crippen molar-refractivity contribution in [2.24, 2.45) is 5.92 Å². The van der Waals surface area contributed by atoms with Crippen LogP contribution in [0.15, 0.2) is 52.0 Å². The summed E-state index contributed by atoms with van der Waals surface area (Å²) in [5, 5.41) is 11.8. The lowest BCUT2D eigenvalue weighted by molar-refractivity contribution is -0.141. The zero-order chi connectivity index (χ0) is 17.4. The SMILES string of the molecule is CCCC(CNC(=O)c1occc1CSc1ccccc1)C(=O)O. The van der Waals surface area contributed by atoms with E-state index in [9.17, 15) is 9.59 Å². The van der Waals surface area contributed by atoms with Crippen molar-refractivity contribution in [1.29, 1.82) is 0 Å². The molecule has 2 rings (SSSR count). The van der Waals surface area contributed by atoms with Gasteiger partial charge in [-0.25, -0.2) is 0 Å². The Bertz CT molecular complexity index is 669. The molecule has 2 N–H and O–H groups in total. The summed E-state index contributed by atoms with van der Waals surface area (Å²) in [6.07, 6.45) is 2.77. The van der Waals surface area contributed by atoms with Crippen LogP contribution in [0.1, 0.15) is 35.9 Å². The zero-order valence-corrected chi connectivity index (χ0v) is 14.3. The van der Waals surface area contributed by atoms with Gasteiger partial charge in [-0.1, -0.05) is 31.5 Å². The molecular formula is C18H21NO4S. The Hall–Kier alpha value is -2.21. The van der Waals surface area contributed by atoms with E-state index in [4.69, 9.17) is 9.52 Å². The molecule has 0 fully saturated rings. The fourth-order valence-corrected chi connectivity index (χ4v) is 3.18. The average Bonchev–Trinajstić information content (AvgIpc) is 3.06. The molecule has 0 saturated heterocycles. The van der Waals surface area contributed by atoms with Gasteiger partial charge in [0.2, 0.25) is 0 Å². The third kappa shape index (κ3) is 5.16. The number of nitrogens with one attached hydrogen (secondary N) is 1. The Kier molecular flexibility index (Phi) is 6.93. The summed E-state index contributed by atoms with van der Waals surface area (Å²) in [6.45, 7) is 2.02. The summed E-state index contributed by atoms with van der Waals surface area (Å²) >= 11 is 1.61. The van der Waals surface area contributed by atoms with Crippen LogP contribution in [-0.4, -0.2) is 23.5 Å². The molecule has 1 aromatic heterocycles. The Morgan fingerprint density at radius 1 is 1.25 bits per heavy atom. The minimum atomic E-state index is -0.892. The number of carbonyl (C=O) groups excluding carboxylic acids is 1. The quantitative estimate of drug-likeness (QED) is 0.675. The van der Waals surface area contributed by atoms with Crippen molar-refractivity contribution in [2.75, 3.05) is 6.54 Å². The van der Waals surface area contributed by atoms with Gasteiger partial charge in [0, 0.05) is 22.8 Å². The summed E-state index contributed by atoms with van der Waals surface area (Å²) in [7, 11) is 0. The van der Waals surface area contributed by atoms with Crippen LogP contribution in [0.2, 0.25) is 0 Å². The molecule has 5 nitrogen and oxygen atoms in total. The molecule has 1 heterocycles. The maximum Gasteiger partial charge on any atom is 0.308 e. The topological polar surface area (TPSA) is 79.5 Å². The number of carboxylic acids is 1. The van der Waals surface area contributed by atoms with Crippen molar-refractivity contribution >= 4 is 23.6 Å². The summed E-state index contributed by atoms with van der Waals surface area (Å²) in [5.41, 5.74) is 0.795. The molecule has 24 heavy (non-hydrogen) atoms. The molecule has 1 atom stereocenters. The van der Waals surface area contributed by atoms with Crippen LogP contribution < -0.4 is 5.32 Å². The molecule has 0 radical (unpaired) electrons. The van der Waals surface area contributed by atoms with E-state index in [2.05, 4.69) is 5.32 Å². The van der Waals surface area contributed by atoms with Crippen LogP contribution in [0.25, 0.3) is 0 Å². The van der Waals surface area contributed by atoms with Gasteiger partial charge in [0.15, 0.2) is 5.76 Å². The molecule has 2 aromatic rings. The number of benzene rings is 1. The van der Waals surface area contributed by atoms with Gasteiger partial charge >= 0.3 is 5.97 Å². The molecule has 0 aliphatic rings. The molecule has 0 aliphatic carbocycles. The van der Waals surface area contributed by atoms with E-state index < -0.39 is 11.9 Å². The van der Waals surface area contributed by atoms with Gasteiger partial charge < -0.3 is 14.8 Å². The van der Waals surface area contributed by atoms with E-state index in [0.717, 1.165) is 16.9 Å². The first-order valence-electron chi connectivity index (χ1n) is 7.87. The summed E-state index contributed by atoms with van der Waals surface area (Å²) in [6, 6.07) is 11.7. The van der Waals surface area contributed by atoms with E-state index in [1.807, 2.05) is 37.3 Å². The van der Waals surface area contributed by atoms with Gasteiger partial charge in [0.25, 0.3) is 5.91 Å². The van der Waals surface area contributed by atoms with Gasteiger partial charge in [-0.3, -0.25) is 9.59 Å². The molecule has 128 valence electrons. The number of hydrogen-bond acceptors (Lipinski definition) is 4. The number of amides is 1. The van der Waals surface area contributed by atoms with Gasteiger partial charge in [-0.15, -0.1) is 11.8 Å². The van der Waals surface area contributed by atoms with Crippen LogP contribution in [0.5, 0.6) is 0 Å². The van der Waals surface area contributed by atoms with Crippen LogP contribution in [0.4, 0.5) is 0 Å². The van der Waals surface area contributed by atoms with Crippen molar-refractivity contribution in [3.63, 3.8) is 0 Å². The lowest BCUT2D eigenvalue weighted by atomic mass is 10.0. The first-order chi connectivity index (χ1) is 11.6. The van der Waals surface area contributed by atoms with Crippen molar-refractivity contribution in [1.82, 2.24) is 5.32 Å². The third-order valence-electron chi connectivity index (χ3n) is 3.59. The predicted octanol–water partition coefficient (Wildman–Crippen LogP) is 3.80. The minimum absolute atomic E-state index is 0.105. The molecular weight excluding hydrogens is 326 g/mol. The van der Waals surface area contributed by atoms with E-state index in [-0.39, 0.29) is 18.2 Å². The maximum absolute atomic E-state index is 12.3. The third-order valence-corrected chi connectivity index (χ3v) is 4.65. The number of thioether (sulfide) groups is 1. The summed E-state index contributed by atoms with van der Waals surface area (Å²) in [4.78, 5) is 24.5. The molecule has 1 amide bonds. The molecule has 0 saturated carbocycles. The normalized spacial score (nSPS) is 11.9. The smallest absolute Gasteiger partial charge is 0.308 e. The predicted molar refractivity (Wildman–Crippen MR) is 93.1 cm³/mol. The largest absolute Gasteiger partial charge is 0.481 e. The van der Waals surface area contributed by atoms with E-state index in [1.165, 1.54) is 6.26 Å². The maximum atomic E-state index is 12.3. The molecule has 0 aliphatic heterocycles. The van der Waals surface area contributed by atoms with Crippen molar-refractivity contribution in [3.8, 4) is 0 Å². The number of carbonyl (C=O) groups is 2. The van der Waals surface area contributed by atoms with Crippen molar-refractivity contribution in [2.45, 2.75) is 30.4 Å². The number of rotatable bonds is 9. The summed E-state index contributed by atoms with van der Waals surface area (Å²) < 4.78 is 5.29. The fourth-order valence-electron chi connectivity index (χ4n) is 2.28. The van der Waals surface area contributed by atoms with Crippen LogP contribution in [0, 0.1) is 5.92 Å². The molecule has 0 spiro atoms. The Balaban J connectivity index is 1.93. The number of hydrogen-bond donors (Lipinski definition) is 2. The van der Waals surface area contributed by atoms with Gasteiger partial charge in [0.05, 0.1) is 12.2 Å². The van der Waals surface area contributed by atoms with Crippen LogP contribution in [-0.2, 0) is 10.5 Å². The first-order valence-corrected chi connectivity index (χ1v) is 8.85. The van der Waals surface area contributed by atoms with Gasteiger partial charge in [-0.05, 0) is 24.6 Å². The molecule has 1 unspecified atom stereocenters. The Morgan fingerprint density at radius 2 is 2.00 bits per heavy atom. The Labute approximate surface area is 145 Å². The molecule has 0 bridgehead atoms. The number of aliphatic carboxylic acids is 1. The molecule has 1 aromatic carbocycles. The van der Waals surface area contributed by atoms with Crippen LogP contribution in [0.3, 0.4) is 0 Å². The second-order valence-corrected chi connectivity index (χ2v) is 6.46. The van der Waals surface area contributed by atoms with E-state index in [1.54, 1.807) is 17.8 Å². The second kappa shape index (κ2) is 9.17. The highest BCUT2D eigenvalue weighted by Crippen LogP contribution is 2.24. The highest BCUT2D eigenvalue weighted by atomic mass is 32.2. The van der Waals surface area contributed by atoms with E-state index >= 15 is 0 Å². The number of furan rings is 1. The summed E-state index contributed by atoms with van der Waals surface area (Å²) in [5.74, 6) is -0.974. The first kappa shape index (κ1) is 18.1. The highest BCUT2D eigenvalue weighted by Gasteiger charge is 2.20. The monoisotopic (exact) mass is 347 g/mol. The van der Waals surface area contributed by atoms with Gasteiger partial charge in [0.1, 0.15) is 0 Å². The second-order valence-electron chi connectivity index (χ2n) is 5.41. The fraction of sp³-hybridized carbons (Fsp3) is 0.333. The highest BCUT2D eigenvalue weighted by molar-refractivity contribution is 7.98. The average molecular weight is 347 g/mol. The van der Waals surface area contributed by atoms with Crippen molar-refractivity contribution < 1.29 is 19.1 Å². The Morgan fingerprint density at radius 3 is 2.67 bits per heavy atom.